The molecule has 1 fully saturated rings. The van der Waals surface area contributed by atoms with Gasteiger partial charge in [0.05, 0.1) is 33.5 Å². The molecular formula is C22H23ClIN3O2. The van der Waals surface area contributed by atoms with Crippen LogP contribution in [-0.2, 0) is 0 Å². The number of hydrogen-bond acceptors (Lipinski definition) is 4. The summed E-state index contributed by atoms with van der Waals surface area (Å²) in [6, 6.07) is 14.4. The molecule has 2 aromatic rings. The van der Waals surface area contributed by atoms with Crippen molar-refractivity contribution in [1.29, 1.82) is 5.26 Å². The van der Waals surface area contributed by atoms with Crippen molar-refractivity contribution in [3.63, 3.8) is 0 Å². The third-order valence-corrected chi connectivity index (χ3v) is 6.62. The highest BCUT2D eigenvalue weighted by Gasteiger charge is 2.64. The van der Waals surface area contributed by atoms with Gasteiger partial charge in [-0.25, -0.2) is 0 Å². The van der Waals surface area contributed by atoms with Crippen molar-refractivity contribution in [1.82, 2.24) is 5.32 Å². The largest absolute Gasteiger partial charge is 0.489 e. The van der Waals surface area contributed by atoms with Crippen LogP contribution < -0.4 is 13.6 Å². The minimum absolute atomic E-state index is 0.0660. The Bertz CT molecular complexity index is 951. The minimum atomic E-state index is -0.288. The molecular weight excluding hydrogens is 501 g/mol. The fraction of sp³-hybridized carbons (Fsp3) is 0.364. The van der Waals surface area contributed by atoms with E-state index in [9.17, 15) is 4.79 Å². The SMILES string of the molecule is CC1(C)[C@H](NC(=O)c2ccc(NI)cc2)C(C)(C)[C@H]1Oc1ccc(C#N)c(Cl)c1. The second kappa shape index (κ2) is 8.04. The van der Waals surface area contributed by atoms with Gasteiger partial charge in [-0.15, -0.1) is 0 Å². The zero-order valence-electron chi connectivity index (χ0n) is 16.7. The summed E-state index contributed by atoms with van der Waals surface area (Å²) in [6.07, 6.45) is -0.130. The Morgan fingerprint density at radius 1 is 1.14 bits per heavy atom. The van der Waals surface area contributed by atoms with E-state index in [1.54, 1.807) is 18.2 Å². The molecule has 1 saturated carbocycles. The van der Waals surface area contributed by atoms with Crippen LogP contribution in [0, 0.1) is 22.2 Å². The van der Waals surface area contributed by atoms with E-state index in [0.29, 0.717) is 21.9 Å². The van der Waals surface area contributed by atoms with Crippen LogP contribution in [0.3, 0.4) is 0 Å². The molecule has 0 radical (unpaired) electrons. The predicted molar refractivity (Wildman–Crippen MR) is 123 cm³/mol. The van der Waals surface area contributed by atoms with Gasteiger partial charge in [0.25, 0.3) is 5.91 Å². The third kappa shape index (κ3) is 4.03. The number of nitrogens with one attached hydrogen (secondary N) is 2. The van der Waals surface area contributed by atoms with Crippen LogP contribution in [-0.4, -0.2) is 18.1 Å². The second-order valence-electron chi connectivity index (χ2n) is 8.47. The monoisotopic (exact) mass is 523 g/mol. The smallest absolute Gasteiger partial charge is 0.251 e. The lowest BCUT2D eigenvalue weighted by atomic mass is 9.49. The number of carbonyl (C=O) groups excluding carboxylic acids is 1. The first-order valence-corrected chi connectivity index (χ1v) is 10.7. The minimum Gasteiger partial charge on any atom is -0.489 e. The third-order valence-electron chi connectivity index (χ3n) is 5.69. The molecule has 3 rings (SSSR count). The molecule has 0 atom stereocenters. The molecule has 29 heavy (non-hydrogen) atoms. The fourth-order valence-corrected chi connectivity index (χ4v) is 5.07. The van der Waals surface area contributed by atoms with Gasteiger partial charge in [0.15, 0.2) is 0 Å². The van der Waals surface area contributed by atoms with E-state index in [1.165, 1.54) is 0 Å². The Morgan fingerprint density at radius 2 is 1.76 bits per heavy atom. The molecule has 0 bridgehead atoms. The summed E-state index contributed by atoms with van der Waals surface area (Å²) in [5.41, 5.74) is 1.41. The van der Waals surface area contributed by atoms with Crippen molar-refractivity contribution in [2.75, 3.05) is 3.53 Å². The van der Waals surface area contributed by atoms with E-state index in [1.807, 2.05) is 30.3 Å². The number of halogens is 2. The number of benzene rings is 2. The normalized spacial score (nSPS) is 21.4. The van der Waals surface area contributed by atoms with Crippen molar-refractivity contribution in [2.24, 2.45) is 10.8 Å². The lowest BCUT2D eigenvalue weighted by Crippen LogP contribution is -2.74. The van der Waals surface area contributed by atoms with E-state index in [4.69, 9.17) is 21.6 Å². The molecule has 5 nitrogen and oxygen atoms in total. The highest BCUT2D eigenvalue weighted by atomic mass is 127. The predicted octanol–water partition coefficient (Wildman–Crippen LogP) is 5.59. The lowest BCUT2D eigenvalue weighted by Gasteiger charge is -2.63. The number of nitrogens with zero attached hydrogens (tertiary/aromatic N) is 1. The van der Waals surface area contributed by atoms with Crippen LogP contribution in [0.25, 0.3) is 0 Å². The van der Waals surface area contributed by atoms with Crippen LogP contribution in [0.5, 0.6) is 5.75 Å². The number of amides is 1. The maximum Gasteiger partial charge on any atom is 0.251 e. The van der Waals surface area contributed by atoms with E-state index < -0.39 is 0 Å². The molecule has 152 valence electrons. The number of hydrogen-bond donors (Lipinski definition) is 2. The maximum atomic E-state index is 12.8. The Labute approximate surface area is 190 Å². The fourth-order valence-electron chi connectivity index (χ4n) is 4.49. The molecule has 1 aliphatic carbocycles. The molecule has 2 N–H and O–H groups in total. The summed E-state index contributed by atoms with van der Waals surface area (Å²) >= 11 is 8.19. The zero-order chi connectivity index (χ0) is 21.4. The van der Waals surface area contributed by atoms with E-state index in [0.717, 1.165) is 5.69 Å². The Morgan fingerprint density at radius 3 is 2.28 bits per heavy atom. The first-order chi connectivity index (χ1) is 13.6. The van der Waals surface area contributed by atoms with Crippen molar-refractivity contribution >= 4 is 46.1 Å². The van der Waals surface area contributed by atoms with Crippen molar-refractivity contribution in [2.45, 2.75) is 39.8 Å². The quantitative estimate of drug-likeness (QED) is 0.396. The van der Waals surface area contributed by atoms with Gasteiger partial charge >= 0.3 is 0 Å². The average Bonchev–Trinajstić information content (AvgIpc) is 2.69. The molecule has 1 amide bonds. The summed E-state index contributed by atoms with van der Waals surface area (Å²) in [7, 11) is 0. The average molecular weight is 524 g/mol. The van der Waals surface area contributed by atoms with Gasteiger partial charge in [-0.3, -0.25) is 4.79 Å². The number of carbonyl (C=O) groups is 1. The summed E-state index contributed by atoms with van der Waals surface area (Å²) in [6.45, 7) is 8.34. The van der Waals surface area contributed by atoms with E-state index in [-0.39, 0.29) is 28.9 Å². The van der Waals surface area contributed by atoms with Gasteiger partial charge in [-0.05, 0) is 36.4 Å². The summed E-state index contributed by atoms with van der Waals surface area (Å²) < 4.78 is 9.27. The summed E-state index contributed by atoms with van der Waals surface area (Å²) in [4.78, 5) is 12.8. The number of ether oxygens (including phenoxy) is 1. The Balaban J connectivity index is 1.74. The molecule has 0 aromatic heterocycles. The Hall–Kier alpha value is -1.98. The summed E-state index contributed by atoms with van der Waals surface area (Å²) in [5.74, 6) is 0.517. The van der Waals surface area contributed by atoms with Gasteiger partial charge in [0.1, 0.15) is 17.9 Å². The van der Waals surface area contributed by atoms with E-state index >= 15 is 0 Å². The molecule has 0 aliphatic heterocycles. The molecule has 2 aromatic carbocycles. The molecule has 0 spiro atoms. The summed E-state index contributed by atoms with van der Waals surface area (Å²) in [5, 5.41) is 12.6. The van der Waals surface area contributed by atoms with Crippen molar-refractivity contribution in [3.8, 4) is 11.8 Å². The van der Waals surface area contributed by atoms with E-state index in [2.05, 4.69) is 59.4 Å². The zero-order valence-corrected chi connectivity index (χ0v) is 19.6. The number of nitriles is 1. The van der Waals surface area contributed by atoms with Crippen LogP contribution in [0.2, 0.25) is 5.02 Å². The van der Waals surface area contributed by atoms with Gasteiger partial charge in [0, 0.05) is 34.2 Å². The molecule has 0 unspecified atom stereocenters. The standard InChI is InChI=1S/C22H23ClIN3O2/c1-21(2)19(26-18(28)13-5-8-15(27-24)9-6-13)22(3,4)20(21)29-16-10-7-14(12-25)17(23)11-16/h5-11,19-20,27H,1-4H3,(H,26,28)/t19-,20-. The number of anilines is 1. The van der Waals surface area contributed by atoms with Crippen LogP contribution >= 0.6 is 34.5 Å². The second-order valence-corrected chi connectivity index (χ2v) is 9.42. The Kier molecular flexibility index (Phi) is 6.02. The molecule has 1 aliphatic rings. The lowest BCUT2D eigenvalue weighted by molar-refractivity contribution is -0.164. The van der Waals surface area contributed by atoms with Crippen LogP contribution in [0.4, 0.5) is 5.69 Å². The molecule has 7 heteroatoms. The van der Waals surface area contributed by atoms with Gasteiger partial charge in [-0.1, -0.05) is 39.3 Å². The van der Waals surface area contributed by atoms with Crippen LogP contribution in [0.1, 0.15) is 43.6 Å². The first kappa shape index (κ1) is 21.7. The first-order valence-electron chi connectivity index (χ1n) is 9.25. The van der Waals surface area contributed by atoms with Crippen molar-refractivity contribution in [3.05, 3.63) is 58.6 Å². The highest BCUT2D eigenvalue weighted by Crippen LogP contribution is 2.55. The van der Waals surface area contributed by atoms with Gasteiger partial charge < -0.3 is 13.6 Å². The maximum absolute atomic E-state index is 12.8. The molecule has 0 heterocycles. The number of rotatable bonds is 5. The van der Waals surface area contributed by atoms with Gasteiger partial charge in [0.2, 0.25) is 0 Å². The van der Waals surface area contributed by atoms with Crippen LogP contribution in [0.15, 0.2) is 42.5 Å². The van der Waals surface area contributed by atoms with Crippen molar-refractivity contribution < 1.29 is 9.53 Å². The van der Waals surface area contributed by atoms with Gasteiger partial charge in [-0.2, -0.15) is 5.26 Å². The highest BCUT2D eigenvalue weighted by molar-refractivity contribution is 14.1. The topological polar surface area (TPSA) is 74.2 Å². The molecule has 0 saturated heterocycles.